The van der Waals surface area contributed by atoms with Crippen LogP contribution < -0.4 is 20.9 Å². The smallest absolute Gasteiger partial charge is 0.249 e. The first-order valence-corrected chi connectivity index (χ1v) is 22.6. The van der Waals surface area contributed by atoms with Crippen molar-refractivity contribution in [3.8, 4) is 22.5 Å². The number of rotatable bonds is 11. The van der Waals surface area contributed by atoms with Gasteiger partial charge in [-0.3, -0.25) is 24.4 Å². The molecule has 3 N–H and O–H groups in total. The molecule has 4 aromatic heterocycles. The number of carbonyl (C=O) groups excluding carboxylic acids is 3. The fraction of sp³-hybridized carbons (Fsp3) is 0.511. The van der Waals surface area contributed by atoms with Gasteiger partial charge in [0.1, 0.15) is 17.7 Å². The van der Waals surface area contributed by atoms with Gasteiger partial charge in [-0.2, -0.15) is 10.2 Å². The summed E-state index contributed by atoms with van der Waals surface area (Å²) in [4.78, 5) is 51.7. The van der Waals surface area contributed by atoms with Gasteiger partial charge in [-0.1, -0.05) is 13.0 Å². The van der Waals surface area contributed by atoms with Crippen LogP contribution in [0, 0.1) is 11.2 Å². The summed E-state index contributed by atoms with van der Waals surface area (Å²) in [6.45, 7) is 9.60. The van der Waals surface area contributed by atoms with Crippen LogP contribution in [0.1, 0.15) is 109 Å². The van der Waals surface area contributed by atoms with E-state index in [4.69, 9.17) is 15.1 Å². The first kappa shape index (κ1) is 41.6. The molecule has 4 fully saturated rings. The zero-order valence-electron chi connectivity index (χ0n) is 36.0. The highest BCUT2D eigenvalue weighted by molar-refractivity contribution is 6.01. The van der Waals surface area contributed by atoms with Crippen molar-refractivity contribution < 1.29 is 18.8 Å². The minimum Gasteiger partial charge on any atom is -0.374 e. The number of nitrogens with zero attached hydrogens (tertiary/aromatic N) is 8. The highest BCUT2D eigenvalue weighted by Crippen LogP contribution is 2.39. The number of benzene rings is 1. The van der Waals surface area contributed by atoms with Crippen LogP contribution in [0.2, 0.25) is 0 Å². The van der Waals surface area contributed by atoms with E-state index in [-0.39, 0.29) is 47.3 Å². The van der Waals surface area contributed by atoms with Crippen molar-refractivity contribution in [2.45, 2.75) is 121 Å². The molecular weight excluding hydrogens is 786 g/mol. The topological polar surface area (TPSA) is 155 Å². The Bertz CT molecular complexity index is 2400. The number of anilines is 2. The lowest BCUT2D eigenvalue weighted by Gasteiger charge is -2.41. The zero-order valence-corrected chi connectivity index (χ0v) is 36.0. The third-order valence-electron chi connectivity index (χ3n) is 14.0. The van der Waals surface area contributed by atoms with E-state index in [2.05, 4.69) is 60.8 Å². The Morgan fingerprint density at radius 2 is 1.68 bits per heavy atom. The van der Waals surface area contributed by atoms with Crippen molar-refractivity contribution in [3.63, 3.8) is 0 Å². The lowest BCUT2D eigenvalue weighted by atomic mass is 9.75. The summed E-state index contributed by atoms with van der Waals surface area (Å²) >= 11 is 0. The molecule has 62 heavy (non-hydrogen) atoms. The number of nitrogens with one attached hydrogen (secondary N) is 3. The van der Waals surface area contributed by atoms with Crippen molar-refractivity contribution >= 4 is 34.7 Å². The van der Waals surface area contributed by atoms with E-state index in [1.807, 2.05) is 55.2 Å². The Hall–Kier alpha value is -5.70. The molecule has 9 rings (SSSR count). The molecule has 3 amide bonds. The Kier molecular flexibility index (Phi) is 11.8. The van der Waals surface area contributed by atoms with E-state index >= 15 is 4.39 Å². The van der Waals surface area contributed by atoms with Gasteiger partial charge >= 0.3 is 0 Å². The number of carbonyl (C=O) groups is 3. The molecular formula is C47H58FN11O3. The molecule has 0 radical (unpaired) electrons. The van der Waals surface area contributed by atoms with Crippen LogP contribution in [0.3, 0.4) is 0 Å². The van der Waals surface area contributed by atoms with E-state index in [0.29, 0.717) is 24.2 Å². The number of fused-ring (bicyclic) bond motifs is 1. The van der Waals surface area contributed by atoms with Crippen molar-refractivity contribution in [1.29, 1.82) is 0 Å². The Balaban J connectivity index is 0.793. The molecule has 3 aliphatic heterocycles. The summed E-state index contributed by atoms with van der Waals surface area (Å²) in [7, 11) is 0. The average molecular weight is 844 g/mol. The average Bonchev–Trinajstić information content (AvgIpc) is 3.98. The van der Waals surface area contributed by atoms with E-state index in [9.17, 15) is 14.4 Å². The number of halogens is 1. The van der Waals surface area contributed by atoms with Gasteiger partial charge in [0, 0.05) is 60.8 Å². The molecule has 15 heteroatoms. The Labute approximate surface area is 362 Å². The molecule has 5 aromatic rings. The second kappa shape index (κ2) is 17.6. The predicted molar refractivity (Wildman–Crippen MR) is 236 cm³/mol. The third kappa shape index (κ3) is 8.55. The third-order valence-corrected chi connectivity index (χ3v) is 14.0. The maximum absolute atomic E-state index is 15.4. The van der Waals surface area contributed by atoms with Crippen molar-refractivity contribution in [3.05, 3.63) is 78.8 Å². The number of piperidine rings is 3. The van der Waals surface area contributed by atoms with Crippen molar-refractivity contribution in [2.75, 3.05) is 36.4 Å². The molecule has 1 unspecified atom stereocenters. The van der Waals surface area contributed by atoms with Gasteiger partial charge in [-0.25, -0.2) is 18.9 Å². The van der Waals surface area contributed by atoms with Crippen LogP contribution in [-0.4, -0.2) is 96.3 Å². The lowest BCUT2D eigenvalue weighted by molar-refractivity contribution is -0.134. The van der Waals surface area contributed by atoms with Crippen molar-refractivity contribution in [2.24, 2.45) is 5.41 Å². The number of likely N-dealkylation sites (tertiary alicyclic amines) is 1. The van der Waals surface area contributed by atoms with E-state index in [1.165, 1.54) is 6.07 Å². The molecule has 0 bridgehead atoms. The molecule has 326 valence electrons. The van der Waals surface area contributed by atoms with Gasteiger partial charge in [0.25, 0.3) is 0 Å². The maximum Gasteiger partial charge on any atom is 0.249 e. The lowest BCUT2D eigenvalue weighted by Crippen LogP contribution is -2.50. The number of amides is 3. The molecule has 0 spiro atoms. The summed E-state index contributed by atoms with van der Waals surface area (Å²) in [5, 5.41) is 18.0. The Morgan fingerprint density at radius 1 is 0.903 bits per heavy atom. The number of aromatic nitrogens is 6. The second-order valence-corrected chi connectivity index (χ2v) is 18.2. The van der Waals surface area contributed by atoms with Gasteiger partial charge in [0.05, 0.1) is 47.0 Å². The molecule has 4 aliphatic rings. The summed E-state index contributed by atoms with van der Waals surface area (Å²) in [6, 6.07) is 11.7. The molecule has 1 aliphatic carbocycles. The quantitative estimate of drug-likeness (QED) is 0.120. The fourth-order valence-electron chi connectivity index (χ4n) is 10.2. The molecule has 14 nitrogen and oxygen atoms in total. The van der Waals surface area contributed by atoms with Crippen molar-refractivity contribution in [1.82, 2.24) is 44.9 Å². The largest absolute Gasteiger partial charge is 0.374 e. The van der Waals surface area contributed by atoms with Gasteiger partial charge in [-0.05, 0) is 133 Å². The van der Waals surface area contributed by atoms with Gasteiger partial charge < -0.3 is 20.4 Å². The Morgan fingerprint density at radius 3 is 2.37 bits per heavy atom. The molecule has 3 saturated heterocycles. The SMILES string of the molecule is CCC1(C(=O)NC(C)C)CCN(c2ccc(-c3nc(-c4cnn([C@H]5CC[C@H](N6CCC(c7ccc(NC8CCC(=O)NC8=O)cc7F)CC6)CC5)c4)cn4nccc34)cn2)CC1. The zero-order chi connectivity index (χ0) is 43.0. The summed E-state index contributed by atoms with van der Waals surface area (Å²) in [5.41, 5.74) is 5.34. The minimum atomic E-state index is -0.537. The molecule has 1 saturated carbocycles. The van der Waals surface area contributed by atoms with Crippen LogP contribution in [0.5, 0.6) is 0 Å². The maximum atomic E-state index is 15.4. The number of pyridine rings is 1. The van der Waals surface area contributed by atoms with E-state index in [1.54, 1.807) is 6.20 Å². The first-order chi connectivity index (χ1) is 30.1. The standard InChI is InChI=1S/C47H58FN11O3/c1-4-47(46(62)52-30(2)3)18-23-57(24-19-47)42-13-5-32(26-49-42)44-41-15-20-50-59(41)29-40(54-44)33-27-51-58(28-33)36-9-7-35(8-10-36)56-21-16-31(17-22-56)37-11-6-34(25-38(37)48)53-39-12-14-43(60)55-45(39)61/h5-6,11,13,15,20,25-31,35-36,39,53H,4,7-10,12,14,16-19,21-24H2,1-3H3,(H,52,62)(H,55,60,61)/t35-,36-,39?. The number of imide groups is 1. The van der Waals surface area contributed by atoms with Gasteiger partial charge in [-0.15, -0.1) is 0 Å². The fourth-order valence-corrected chi connectivity index (χ4v) is 10.2. The molecule has 7 heterocycles. The second-order valence-electron chi connectivity index (χ2n) is 18.2. The van der Waals surface area contributed by atoms with Crippen LogP contribution in [0.25, 0.3) is 28.0 Å². The van der Waals surface area contributed by atoms with Crippen LogP contribution in [0.15, 0.2) is 67.4 Å². The van der Waals surface area contributed by atoms with Crippen LogP contribution in [-0.2, 0) is 14.4 Å². The number of hydrogen-bond donors (Lipinski definition) is 3. The van der Waals surface area contributed by atoms with Gasteiger partial charge in [0.15, 0.2) is 0 Å². The minimum absolute atomic E-state index is 0.130. The first-order valence-electron chi connectivity index (χ1n) is 22.6. The highest BCUT2D eigenvalue weighted by atomic mass is 19.1. The highest BCUT2D eigenvalue weighted by Gasteiger charge is 2.40. The van der Waals surface area contributed by atoms with Gasteiger partial charge in [0.2, 0.25) is 17.7 Å². The van der Waals surface area contributed by atoms with Crippen LogP contribution in [0.4, 0.5) is 15.9 Å². The summed E-state index contributed by atoms with van der Waals surface area (Å²) in [5.74, 6) is 0.357. The van der Waals surface area contributed by atoms with E-state index in [0.717, 1.165) is 123 Å². The summed E-state index contributed by atoms with van der Waals surface area (Å²) in [6.07, 6.45) is 18.9. The van der Waals surface area contributed by atoms with E-state index < -0.39 is 6.04 Å². The molecule has 1 aromatic carbocycles. The monoisotopic (exact) mass is 843 g/mol. The number of hydrogen-bond acceptors (Lipinski definition) is 10. The predicted octanol–water partition coefficient (Wildman–Crippen LogP) is 6.90. The summed E-state index contributed by atoms with van der Waals surface area (Å²) < 4.78 is 19.4. The molecule has 1 atom stereocenters. The normalized spacial score (nSPS) is 22.5. The van der Waals surface area contributed by atoms with Crippen LogP contribution >= 0.6 is 0 Å².